The van der Waals surface area contributed by atoms with Crippen LogP contribution in [0.15, 0.2) is 23.2 Å². The molecule has 2 heterocycles. The van der Waals surface area contributed by atoms with Gasteiger partial charge in [-0.3, -0.25) is 19.9 Å². The number of carbonyl (C=O) groups excluding carboxylic acids is 2. The van der Waals surface area contributed by atoms with E-state index in [1.54, 1.807) is 17.0 Å². The van der Waals surface area contributed by atoms with E-state index in [1.165, 1.54) is 0 Å². The number of benzene rings is 1. The van der Waals surface area contributed by atoms with Crippen LogP contribution in [0.25, 0.3) is 0 Å². The van der Waals surface area contributed by atoms with Crippen LogP contribution >= 0.6 is 23.2 Å². The lowest BCUT2D eigenvalue weighted by atomic mass is 10.1. The number of hydrogen-bond donors (Lipinski definition) is 2. The molecule has 32 heavy (non-hydrogen) atoms. The average molecular weight is 479 g/mol. The van der Waals surface area contributed by atoms with E-state index in [4.69, 9.17) is 28.5 Å². The molecule has 0 saturated carbocycles. The van der Waals surface area contributed by atoms with Crippen LogP contribution in [0.1, 0.15) is 37.7 Å². The predicted octanol–water partition coefficient (Wildman–Crippen LogP) is 2.56. The van der Waals surface area contributed by atoms with E-state index in [0.717, 1.165) is 44.3 Å². The van der Waals surface area contributed by atoms with Gasteiger partial charge in [-0.15, -0.1) is 0 Å². The number of hydrogen-bond acceptors (Lipinski definition) is 4. The van der Waals surface area contributed by atoms with Crippen molar-refractivity contribution in [2.45, 2.75) is 44.6 Å². The van der Waals surface area contributed by atoms with Gasteiger partial charge in [0.05, 0.1) is 6.54 Å². The highest BCUT2D eigenvalue weighted by molar-refractivity contribution is 6.35. The molecule has 0 bridgehead atoms. The van der Waals surface area contributed by atoms with Crippen LogP contribution in [0.2, 0.25) is 10.0 Å². The Morgan fingerprint density at radius 1 is 1.19 bits per heavy atom. The Labute approximate surface area is 198 Å². The quantitative estimate of drug-likeness (QED) is 0.283. The maximum Gasteiger partial charge on any atom is 0.245 e. The molecule has 2 amide bonds. The predicted molar refractivity (Wildman–Crippen MR) is 124 cm³/mol. The number of nitrogens with one attached hydrogen (secondary N) is 2. The Morgan fingerprint density at radius 3 is 2.66 bits per heavy atom. The molecule has 2 N–H and O–H groups in total. The van der Waals surface area contributed by atoms with Crippen molar-refractivity contribution in [2.75, 3.05) is 32.7 Å². The molecule has 1 atom stereocenters. The maximum atomic E-state index is 13.1. The average Bonchev–Trinajstić information content (AvgIpc) is 3.25. The number of carbonyl (C=O) groups is 2. The van der Waals surface area contributed by atoms with E-state index in [0.29, 0.717) is 36.0 Å². The smallest absolute Gasteiger partial charge is 0.245 e. The fourth-order valence-electron chi connectivity index (χ4n) is 3.98. The number of nitrogens with zero attached hydrogens (tertiary/aromatic N) is 4. The monoisotopic (exact) mass is 478 g/mol. The molecule has 10 heteroatoms. The van der Waals surface area contributed by atoms with E-state index >= 15 is 0 Å². The van der Waals surface area contributed by atoms with E-state index in [9.17, 15) is 9.59 Å². The van der Waals surface area contributed by atoms with Gasteiger partial charge in [-0.2, -0.15) is 5.26 Å². The molecule has 2 aliphatic heterocycles. The van der Waals surface area contributed by atoms with Gasteiger partial charge in [0, 0.05) is 36.2 Å². The Hall–Kier alpha value is -2.50. The molecule has 8 nitrogen and oxygen atoms in total. The molecular weight excluding hydrogens is 451 g/mol. The summed E-state index contributed by atoms with van der Waals surface area (Å²) in [7, 11) is 0. The van der Waals surface area contributed by atoms with Crippen molar-refractivity contribution in [1.82, 2.24) is 20.4 Å². The Kier molecular flexibility index (Phi) is 9.00. The first kappa shape index (κ1) is 24.1. The highest BCUT2D eigenvalue weighted by atomic mass is 35.5. The van der Waals surface area contributed by atoms with Gasteiger partial charge in [-0.05, 0) is 56.2 Å². The van der Waals surface area contributed by atoms with Crippen LogP contribution < -0.4 is 10.6 Å². The topological polar surface area (TPSA) is 101 Å². The molecule has 2 fully saturated rings. The number of halogens is 2. The standard InChI is InChI=1S/C22H28Cl2N6O2/c23-17-7-6-16(18(24)13-17)8-9-26-22(27-15-25)28-19-5-1-2-12-30(21(19)32)14-20(31)29-10-3-4-11-29/h6-7,13,19H,1-5,8-12,14H2,(H2,26,27,28). The zero-order valence-corrected chi connectivity index (χ0v) is 19.5. The zero-order chi connectivity index (χ0) is 22.9. The molecule has 1 unspecified atom stereocenters. The van der Waals surface area contributed by atoms with Crippen molar-refractivity contribution in [3.63, 3.8) is 0 Å². The van der Waals surface area contributed by atoms with Crippen LogP contribution in [-0.2, 0) is 16.0 Å². The number of likely N-dealkylation sites (tertiary alicyclic amines) is 2. The largest absolute Gasteiger partial charge is 0.344 e. The second-order valence-corrected chi connectivity index (χ2v) is 8.84. The molecular formula is C22H28Cl2N6O2. The highest BCUT2D eigenvalue weighted by Gasteiger charge is 2.30. The normalized spacial score (nSPS) is 19.5. The van der Waals surface area contributed by atoms with Gasteiger partial charge in [0.1, 0.15) is 6.04 Å². The fourth-order valence-corrected chi connectivity index (χ4v) is 4.48. The summed E-state index contributed by atoms with van der Waals surface area (Å²) < 4.78 is 0. The van der Waals surface area contributed by atoms with E-state index in [1.807, 2.05) is 17.2 Å². The first-order valence-corrected chi connectivity index (χ1v) is 11.7. The van der Waals surface area contributed by atoms with Crippen LogP contribution in [0, 0.1) is 11.5 Å². The van der Waals surface area contributed by atoms with E-state index in [2.05, 4.69) is 15.6 Å². The number of nitriles is 1. The number of rotatable bonds is 6. The molecule has 0 spiro atoms. The van der Waals surface area contributed by atoms with E-state index < -0.39 is 6.04 Å². The van der Waals surface area contributed by atoms with Gasteiger partial charge in [0.25, 0.3) is 0 Å². The van der Waals surface area contributed by atoms with Gasteiger partial charge in [0.2, 0.25) is 17.8 Å². The van der Waals surface area contributed by atoms with Crippen molar-refractivity contribution in [2.24, 2.45) is 4.99 Å². The fraction of sp³-hybridized carbons (Fsp3) is 0.545. The number of amides is 2. The minimum atomic E-state index is -0.539. The maximum absolute atomic E-state index is 13.1. The third-order valence-electron chi connectivity index (χ3n) is 5.72. The SMILES string of the molecule is N#CNC(=NCCc1ccc(Cl)cc1Cl)NC1CCCCN(CC(=O)N2CCCC2)C1=O. The van der Waals surface area contributed by atoms with Crippen LogP contribution in [0.5, 0.6) is 0 Å². The summed E-state index contributed by atoms with van der Waals surface area (Å²) >= 11 is 12.1. The van der Waals surface area contributed by atoms with Gasteiger partial charge in [0.15, 0.2) is 6.19 Å². The third kappa shape index (κ3) is 6.75. The Balaban J connectivity index is 1.61. The van der Waals surface area contributed by atoms with Gasteiger partial charge in [-0.1, -0.05) is 29.3 Å². The minimum Gasteiger partial charge on any atom is -0.344 e. The van der Waals surface area contributed by atoms with Crippen molar-refractivity contribution in [1.29, 1.82) is 5.26 Å². The number of guanidine groups is 1. The summed E-state index contributed by atoms with van der Waals surface area (Å²) in [6, 6.07) is 4.75. The summed E-state index contributed by atoms with van der Waals surface area (Å²) in [5.74, 6) is 0.104. The van der Waals surface area contributed by atoms with Crippen molar-refractivity contribution in [3.8, 4) is 6.19 Å². The Morgan fingerprint density at radius 2 is 1.94 bits per heavy atom. The van der Waals surface area contributed by atoms with Crippen molar-refractivity contribution >= 4 is 41.0 Å². The van der Waals surface area contributed by atoms with Crippen LogP contribution in [-0.4, -0.2) is 66.3 Å². The molecule has 3 rings (SSSR count). The summed E-state index contributed by atoms with van der Waals surface area (Å²) in [4.78, 5) is 33.5. The molecule has 172 valence electrons. The lowest BCUT2D eigenvalue weighted by molar-refractivity contribution is -0.140. The summed E-state index contributed by atoms with van der Waals surface area (Å²) in [6.45, 7) is 2.57. The second-order valence-electron chi connectivity index (χ2n) is 7.99. The molecule has 0 aliphatic carbocycles. The number of aliphatic imine (C=N–C) groups is 1. The van der Waals surface area contributed by atoms with Crippen molar-refractivity contribution in [3.05, 3.63) is 33.8 Å². The first-order chi connectivity index (χ1) is 15.5. The molecule has 0 aromatic heterocycles. The summed E-state index contributed by atoms with van der Waals surface area (Å²) in [5.41, 5.74) is 0.897. The lowest BCUT2D eigenvalue weighted by Gasteiger charge is -2.27. The van der Waals surface area contributed by atoms with Gasteiger partial charge >= 0.3 is 0 Å². The molecule has 1 aromatic rings. The highest BCUT2D eigenvalue weighted by Crippen LogP contribution is 2.21. The van der Waals surface area contributed by atoms with Crippen LogP contribution in [0.4, 0.5) is 0 Å². The van der Waals surface area contributed by atoms with E-state index in [-0.39, 0.29) is 24.3 Å². The van der Waals surface area contributed by atoms with Crippen LogP contribution in [0.3, 0.4) is 0 Å². The molecule has 2 aliphatic rings. The molecule has 1 aromatic carbocycles. The summed E-state index contributed by atoms with van der Waals surface area (Å²) in [5, 5.41) is 15.8. The zero-order valence-electron chi connectivity index (χ0n) is 17.9. The molecule has 0 radical (unpaired) electrons. The van der Waals surface area contributed by atoms with Crippen molar-refractivity contribution < 1.29 is 9.59 Å². The minimum absolute atomic E-state index is 0.000355. The summed E-state index contributed by atoms with van der Waals surface area (Å²) in [6.07, 6.45) is 6.76. The Bertz CT molecular complexity index is 895. The second kappa shape index (κ2) is 11.9. The first-order valence-electron chi connectivity index (χ1n) is 10.9. The van der Waals surface area contributed by atoms with Gasteiger partial charge in [-0.25, -0.2) is 0 Å². The van der Waals surface area contributed by atoms with Gasteiger partial charge < -0.3 is 15.1 Å². The third-order valence-corrected chi connectivity index (χ3v) is 6.30. The molecule has 2 saturated heterocycles. The lowest BCUT2D eigenvalue weighted by Crippen LogP contribution is -2.52.